The number of anilines is 2. The Bertz CT molecular complexity index is 519. The first-order valence-corrected chi connectivity index (χ1v) is 9.12. The van der Waals surface area contributed by atoms with Gasteiger partial charge in [0.1, 0.15) is 18.0 Å². The van der Waals surface area contributed by atoms with Gasteiger partial charge in [0.05, 0.1) is 18.8 Å². The zero-order chi connectivity index (χ0) is 16.9. The average Bonchev–Trinajstić information content (AvgIpc) is 3.08. The van der Waals surface area contributed by atoms with Crippen LogP contribution in [0.15, 0.2) is 12.4 Å². The monoisotopic (exact) mass is 334 g/mol. The molecule has 0 bridgehead atoms. The van der Waals surface area contributed by atoms with Crippen LogP contribution in [-0.4, -0.2) is 55.5 Å². The topological polar surface area (TPSA) is 59.5 Å². The lowest BCUT2D eigenvalue weighted by Gasteiger charge is -2.35. The van der Waals surface area contributed by atoms with Crippen molar-refractivity contribution in [1.29, 1.82) is 0 Å². The van der Waals surface area contributed by atoms with Gasteiger partial charge in [0.15, 0.2) is 0 Å². The molecule has 24 heavy (non-hydrogen) atoms. The van der Waals surface area contributed by atoms with Crippen LogP contribution in [0.4, 0.5) is 11.6 Å². The first-order valence-electron chi connectivity index (χ1n) is 9.12. The van der Waals surface area contributed by atoms with Crippen LogP contribution in [0.2, 0.25) is 0 Å². The first kappa shape index (κ1) is 17.4. The summed E-state index contributed by atoms with van der Waals surface area (Å²) in [5.41, 5.74) is 0. The molecule has 0 unspecified atom stereocenters. The van der Waals surface area contributed by atoms with Gasteiger partial charge in [-0.3, -0.25) is 0 Å². The van der Waals surface area contributed by atoms with Crippen molar-refractivity contribution in [2.24, 2.45) is 11.8 Å². The lowest BCUT2D eigenvalue weighted by molar-refractivity contribution is -0.0203. The quantitative estimate of drug-likeness (QED) is 0.863. The second kappa shape index (κ2) is 8.12. The summed E-state index contributed by atoms with van der Waals surface area (Å²) in [6.07, 6.45) is 5.24. The molecule has 0 aromatic carbocycles. The maximum Gasteiger partial charge on any atom is 0.133 e. The number of nitrogens with zero attached hydrogens (tertiary/aromatic N) is 3. The highest BCUT2D eigenvalue weighted by Crippen LogP contribution is 2.24. The summed E-state index contributed by atoms with van der Waals surface area (Å²) in [7, 11) is 2.09. The molecule has 2 fully saturated rings. The Morgan fingerprint density at radius 1 is 1.29 bits per heavy atom. The van der Waals surface area contributed by atoms with Gasteiger partial charge in [-0.25, -0.2) is 9.97 Å². The van der Waals surface area contributed by atoms with Gasteiger partial charge in [0.2, 0.25) is 0 Å². The summed E-state index contributed by atoms with van der Waals surface area (Å²) in [6, 6.07) is 2.36. The molecule has 3 heterocycles. The Kier molecular flexibility index (Phi) is 5.89. The maximum atomic E-state index is 5.96. The molecule has 3 atom stereocenters. The maximum absolute atomic E-state index is 5.96. The minimum Gasteiger partial charge on any atom is -0.381 e. The molecule has 0 spiro atoms. The lowest BCUT2D eigenvalue weighted by atomic mass is 9.94. The lowest BCUT2D eigenvalue weighted by Crippen LogP contribution is -2.43. The Balaban J connectivity index is 1.63. The van der Waals surface area contributed by atoms with Crippen molar-refractivity contribution in [3.63, 3.8) is 0 Å². The van der Waals surface area contributed by atoms with E-state index in [0.717, 1.165) is 57.3 Å². The Morgan fingerprint density at radius 2 is 2.17 bits per heavy atom. The van der Waals surface area contributed by atoms with Gasteiger partial charge >= 0.3 is 0 Å². The molecule has 1 aromatic rings. The molecule has 1 N–H and O–H groups in total. The van der Waals surface area contributed by atoms with E-state index in [1.54, 1.807) is 6.33 Å². The SMILES string of the molecule is CC(C)[C@@H]1OCCC[C@H]1Nc1cc(N(C)C[C@H]2CCOC2)ncn1. The summed E-state index contributed by atoms with van der Waals surface area (Å²) in [4.78, 5) is 11.0. The number of ether oxygens (including phenoxy) is 2. The van der Waals surface area contributed by atoms with Crippen LogP contribution in [-0.2, 0) is 9.47 Å². The standard InChI is InChI=1S/C18H30N4O2/c1-13(2)18-15(5-4-7-24-18)21-16-9-17(20-12-19-16)22(3)10-14-6-8-23-11-14/h9,12-15,18H,4-8,10-11H2,1-3H3,(H,19,20,21)/t14-,15-,18+/m1/s1. The molecule has 3 rings (SSSR count). The molecule has 0 aliphatic carbocycles. The minimum atomic E-state index is 0.241. The van der Waals surface area contributed by atoms with Crippen LogP contribution >= 0.6 is 0 Å². The van der Waals surface area contributed by atoms with Gasteiger partial charge < -0.3 is 19.7 Å². The van der Waals surface area contributed by atoms with E-state index in [0.29, 0.717) is 17.9 Å². The first-order chi connectivity index (χ1) is 11.6. The van der Waals surface area contributed by atoms with Crippen LogP contribution in [0.1, 0.15) is 33.1 Å². The van der Waals surface area contributed by atoms with Crippen molar-refractivity contribution in [1.82, 2.24) is 9.97 Å². The molecule has 0 radical (unpaired) electrons. The summed E-state index contributed by atoms with van der Waals surface area (Å²) in [6.45, 7) is 8.00. The molecule has 0 saturated carbocycles. The van der Waals surface area contributed by atoms with Crippen molar-refractivity contribution in [3.05, 3.63) is 12.4 Å². The summed E-state index contributed by atoms with van der Waals surface area (Å²) in [5.74, 6) is 2.93. The Morgan fingerprint density at radius 3 is 2.92 bits per heavy atom. The Hall–Kier alpha value is -1.40. The zero-order valence-corrected chi connectivity index (χ0v) is 15.1. The number of hydrogen-bond acceptors (Lipinski definition) is 6. The highest BCUT2D eigenvalue weighted by atomic mass is 16.5. The minimum absolute atomic E-state index is 0.241. The predicted octanol–water partition coefficient (Wildman–Crippen LogP) is 2.56. The highest BCUT2D eigenvalue weighted by Gasteiger charge is 2.28. The summed E-state index contributed by atoms with van der Waals surface area (Å²) < 4.78 is 11.4. The largest absolute Gasteiger partial charge is 0.381 e. The van der Waals surface area contributed by atoms with Gasteiger partial charge in [-0.15, -0.1) is 0 Å². The van der Waals surface area contributed by atoms with Gasteiger partial charge in [-0.1, -0.05) is 13.8 Å². The molecule has 1 aromatic heterocycles. The molecule has 6 nitrogen and oxygen atoms in total. The number of aromatic nitrogens is 2. The summed E-state index contributed by atoms with van der Waals surface area (Å²) >= 11 is 0. The molecular formula is C18H30N4O2. The van der Waals surface area contributed by atoms with Gasteiger partial charge in [-0.2, -0.15) is 0 Å². The third-order valence-electron chi connectivity index (χ3n) is 4.96. The van der Waals surface area contributed by atoms with E-state index >= 15 is 0 Å². The molecule has 0 amide bonds. The second-order valence-corrected chi connectivity index (χ2v) is 7.34. The van der Waals surface area contributed by atoms with Gasteiger partial charge in [-0.05, 0) is 25.2 Å². The van der Waals surface area contributed by atoms with Gasteiger partial charge in [0.25, 0.3) is 0 Å². The van der Waals surface area contributed by atoms with Crippen LogP contribution in [0.25, 0.3) is 0 Å². The average molecular weight is 334 g/mol. The third kappa shape index (κ3) is 4.36. The smallest absolute Gasteiger partial charge is 0.133 e. The molecule has 6 heteroatoms. The number of hydrogen-bond donors (Lipinski definition) is 1. The highest BCUT2D eigenvalue weighted by molar-refractivity contribution is 5.48. The van der Waals surface area contributed by atoms with Crippen LogP contribution < -0.4 is 10.2 Å². The molecule has 134 valence electrons. The normalized spacial score (nSPS) is 27.4. The molecule has 2 aliphatic rings. The van der Waals surface area contributed by atoms with E-state index in [4.69, 9.17) is 9.47 Å². The zero-order valence-electron chi connectivity index (χ0n) is 15.1. The van der Waals surface area contributed by atoms with E-state index in [1.165, 1.54) is 0 Å². The van der Waals surface area contributed by atoms with Crippen molar-refractivity contribution >= 4 is 11.6 Å². The van der Waals surface area contributed by atoms with E-state index < -0.39 is 0 Å². The molecule has 2 aliphatic heterocycles. The fraction of sp³-hybridized carbons (Fsp3) is 0.778. The van der Waals surface area contributed by atoms with Crippen LogP contribution in [0, 0.1) is 11.8 Å². The fourth-order valence-corrected chi connectivity index (χ4v) is 3.65. The van der Waals surface area contributed by atoms with Crippen LogP contribution in [0.5, 0.6) is 0 Å². The van der Waals surface area contributed by atoms with E-state index in [9.17, 15) is 0 Å². The van der Waals surface area contributed by atoms with E-state index in [2.05, 4.69) is 41.1 Å². The van der Waals surface area contributed by atoms with E-state index in [-0.39, 0.29) is 6.10 Å². The number of rotatable bonds is 6. The third-order valence-corrected chi connectivity index (χ3v) is 4.96. The number of nitrogens with one attached hydrogen (secondary N) is 1. The van der Waals surface area contributed by atoms with E-state index in [1.807, 2.05) is 6.07 Å². The fourth-order valence-electron chi connectivity index (χ4n) is 3.65. The second-order valence-electron chi connectivity index (χ2n) is 7.34. The molecular weight excluding hydrogens is 304 g/mol. The summed E-state index contributed by atoms with van der Waals surface area (Å²) in [5, 5.41) is 3.57. The molecule has 2 saturated heterocycles. The van der Waals surface area contributed by atoms with Gasteiger partial charge in [0, 0.05) is 38.8 Å². The van der Waals surface area contributed by atoms with Crippen molar-refractivity contribution in [3.8, 4) is 0 Å². The van der Waals surface area contributed by atoms with Crippen LogP contribution in [0.3, 0.4) is 0 Å². The van der Waals surface area contributed by atoms with Crippen molar-refractivity contribution in [2.75, 3.05) is 43.6 Å². The predicted molar refractivity (Wildman–Crippen MR) is 95.5 cm³/mol. The van der Waals surface area contributed by atoms with Crippen molar-refractivity contribution < 1.29 is 9.47 Å². The Labute approximate surface area is 145 Å². The van der Waals surface area contributed by atoms with Crippen molar-refractivity contribution in [2.45, 2.75) is 45.3 Å².